The summed E-state index contributed by atoms with van der Waals surface area (Å²) < 4.78 is 26.2. The van der Waals surface area contributed by atoms with Crippen LogP contribution in [0, 0.1) is 0 Å². The van der Waals surface area contributed by atoms with Crippen molar-refractivity contribution in [3.63, 3.8) is 0 Å². The lowest BCUT2D eigenvalue weighted by Crippen LogP contribution is -2.49. The fourth-order valence-corrected chi connectivity index (χ4v) is 2.88. The Morgan fingerprint density at radius 2 is 1.94 bits per heavy atom. The largest absolute Gasteiger partial charge is 0.383 e. The van der Waals surface area contributed by atoms with Crippen LogP contribution < -0.4 is 10.0 Å². The molecule has 0 bridgehead atoms. The molecule has 0 fully saturated rings. The minimum atomic E-state index is -3.29. The number of fused-ring (bicyclic) bond motifs is 1. The van der Waals surface area contributed by atoms with Gasteiger partial charge in [0, 0.05) is 18.3 Å². The van der Waals surface area contributed by atoms with Crippen LogP contribution in [-0.2, 0) is 16.4 Å². The molecule has 0 aliphatic carbocycles. The Morgan fingerprint density at radius 3 is 2.61 bits per heavy atom. The maximum Gasteiger partial charge on any atom is 0.216 e. The predicted molar refractivity (Wildman–Crippen MR) is 74.2 cm³/mol. The monoisotopic (exact) mass is 268 g/mol. The van der Waals surface area contributed by atoms with Crippen molar-refractivity contribution in [2.75, 3.05) is 11.9 Å². The van der Waals surface area contributed by atoms with Gasteiger partial charge in [0.2, 0.25) is 10.0 Å². The van der Waals surface area contributed by atoms with Gasteiger partial charge in [-0.05, 0) is 38.8 Å². The highest BCUT2D eigenvalue weighted by Gasteiger charge is 2.32. The third-order valence-electron chi connectivity index (χ3n) is 3.15. The molecule has 2 N–H and O–H groups in total. The van der Waals surface area contributed by atoms with Crippen molar-refractivity contribution < 1.29 is 8.42 Å². The van der Waals surface area contributed by atoms with Crippen molar-refractivity contribution in [2.24, 2.45) is 0 Å². The molecular formula is C13H20N2O2S. The summed E-state index contributed by atoms with van der Waals surface area (Å²) in [5, 5.41) is 3.26. The number of anilines is 1. The Hall–Kier alpha value is -1.07. The van der Waals surface area contributed by atoms with Gasteiger partial charge in [-0.15, -0.1) is 0 Å². The molecule has 1 unspecified atom stereocenters. The third kappa shape index (κ3) is 2.67. The van der Waals surface area contributed by atoms with E-state index < -0.39 is 14.8 Å². The number of hydrogen-bond donors (Lipinski definition) is 2. The number of benzene rings is 1. The predicted octanol–water partition coefficient (Wildman–Crippen LogP) is 1.74. The van der Waals surface area contributed by atoms with Gasteiger partial charge in [0.1, 0.15) is 0 Å². The SMILES string of the molecule is CC(C)(C)S(=O)(=O)NC1CNc2ccccc2C1. The van der Waals surface area contributed by atoms with E-state index in [0.717, 1.165) is 17.7 Å². The first kappa shape index (κ1) is 13.4. The molecule has 2 rings (SSSR count). The third-order valence-corrected chi connectivity index (χ3v) is 5.41. The van der Waals surface area contributed by atoms with Crippen LogP contribution >= 0.6 is 0 Å². The summed E-state index contributed by atoms with van der Waals surface area (Å²) in [4.78, 5) is 0. The first-order valence-corrected chi connectivity index (χ1v) is 7.61. The Morgan fingerprint density at radius 1 is 1.28 bits per heavy atom. The van der Waals surface area contributed by atoms with E-state index in [-0.39, 0.29) is 6.04 Å². The molecule has 1 heterocycles. The smallest absolute Gasteiger partial charge is 0.216 e. The molecule has 4 nitrogen and oxygen atoms in total. The number of hydrogen-bond acceptors (Lipinski definition) is 3. The molecule has 0 amide bonds. The highest BCUT2D eigenvalue weighted by molar-refractivity contribution is 7.90. The molecule has 0 radical (unpaired) electrons. The standard InChI is InChI=1S/C13H20N2O2S/c1-13(2,3)18(16,17)15-11-8-10-6-4-5-7-12(10)14-9-11/h4-7,11,14-15H,8-9H2,1-3H3. The first-order valence-electron chi connectivity index (χ1n) is 6.13. The molecule has 100 valence electrons. The molecule has 1 aliphatic rings. The molecule has 1 aromatic carbocycles. The highest BCUT2D eigenvalue weighted by atomic mass is 32.2. The Kier molecular flexibility index (Phi) is 3.38. The summed E-state index contributed by atoms with van der Waals surface area (Å²) >= 11 is 0. The maximum atomic E-state index is 12.1. The fraction of sp³-hybridized carbons (Fsp3) is 0.538. The van der Waals surface area contributed by atoms with Crippen LogP contribution in [0.25, 0.3) is 0 Å². The number of rotatable bonds is 2. The van der Waals surface area contributed by atoms with E-state index in [9.17, 15) is 8.42 Å². The Bertz CT molecular complexity index is 532. The quantitative estimate of drug-likeness (QED) is 0.859. The maximum absolute atomic E-state index is 12.1. The zero-order valence-electron chi connectivity index (χ0n) is 11.0. The van der Waals surface area contributed by atoms with Gasteiger partial charge in [-0.1, -0.05) is 18.2 Å². The minimum absolute atomic E-state index is 0.0795. The second-order valence-electron chi connectivity index (χ2n) is 5.67. The topological polar surface area (TPSA) is 58.2 Å². The van der Waals surface area contributed by atoms with Crippen LogP contribution in [0.5, 0.6) is 0 Å². The Labute approximate surface area is 109 Å². The van der Waals surface area contributed by atoms with Crippen molar-refractivity contribution in [3.05, 3.63) is 29.8 Å². The molecular weight excluding hydrogens is 248 g/mol. The summed E-state index contributed by atoms with van der Waals surface area (Å²) in [7, 11) is -3.29. The van der Waals surface area contributed by atoms with E-state index in [1.54, 1.807) is 20.8 Å². The molecule has 18 heavy (non-hydrogen) atoms. The van der Waals surface area contributed by atoms with Gasteiger partial charge < -0.3 is 5.32 Å². The van der Waals surface area contributed by atoms with E-state index in [2.05, 4.69) is 10.0 Å². The Balaban J connectivity index is 2.12. The van der Waals surface area contributed by atoms with Crippen molar-refractivity contribution in [1.29, 1.82) is 0 Å². The molecule has 0 aromatic heterocycles. The zero-order valence-corrected chi connectivity index (χ0v) is 11.8. The number of para-hydroxylation sites is 1. The van der Waals surface area contributed by atoms with E-state index >= 15 is 0 Å². The van der Waals surface area contributed by atoms with Crippen LogP contribution in [0.15, 0.2) is 24.3 Å². The molecule has 0 saturated heterocycles. The summed E-state index contributed by atoms with van der Waals surface area (Å²) in [6.07, 6.45) is 0.735. The molecule has 1 aromatic rings. The van der Waals surface area contributed by atoms with Crippen LogP contribution in [-0.4, -0.2) is 25.8 Å². The van der Waals surface area contributed by atoms with E-state index in [4.69, 9.17) is 0 Å². The highest BCUT2D eigenvalue weighted by Crippen LogP contribution is 2.22. The van der Waals surface area contributed by atoms with E-state index in [1.165, 1.54) is 0 Å². The van der Waals surface area contributed by atoms with Crippen molar-refractivity contribution in [2.45, 2.75) is 38.0 Å². The first-order chi connectivity index (χ1) is 8.29. The van der Waals surface area contributed by atoms with Crippen LogP contribution in [0.4, 0.5) is 5.69 Å². The summed E-state index contributed by atoms with van der Waals surface area (Å²) in [5.74, 6) is 0. The number of sulfonamides is 1. The fourth-order valence-electron chi connectivity index (χ4n) is 1.92. The van der Waals surface area contributed by atoms with Gasteiger partial charge in [-0.3, -0.25) is 0 Å². The van der Waals surface area contributed by atoms with Crippen LogP contribution in [0.2, 0.25) is 0 Å². The molecule has 0 spiro atoms. The van der Waals surface area contributed by atoms with Gasteiger partial charge in [-0.2, -0.15) is 0 Å². The summed E-state index contributed by atoms with van der Waals surface area (Å²) in [5.41, 5.74) is 2.26. The lowest BCUT2D eigenvalue weighted by Gasteiger charge is -2.29. The summed E-state index contributed by atoms with van der Waals surface area (Å²) in [6.45, 7) is 5.75. The van der Waals surface area contributed by atoms with Gasteiger partial charge >= 0.3 is 0 Å². The molecule has 1 atom stereocenters. The average Bonchev–Trinajstić information content (AvgIpc) is 2.27. The second kappa shape index (κ2) is 4.55. The van der Waals surface area contributed by atoms with Crippen molar-refractivity contribution >= 4 is 15.7 Å². The van der Waals surface area contributed by atoms with Gasteiger partial charge in [0.25, 0.3) is 0 Å². The van der Waals surface area contributed by atoms with Gasteiger partial charge in [0.15, 0.2) is 0 Å². The minimum Gasteiger partial charge on any atom is -0.383 e. The second-order valence-corrected chi connectivity index (χ2v) is 8.14. The summed E-state index contributed by atoms with van der Waals surface area (Å²) in [6, 6.07) is 7.92. The zero-order chi connectivity index (χ0) is 13.4. The lowest BCUT2D eigenvalue weighted by molar-refractivity contribution is 0.519. The molecule has 5 heteroatoms. The molecule has 1 aliphatic heterocycles. The normalized spacial score (nSPS) is 20.1. The van der Waals surface area contributed by atoms with E-state index in [1.807, 2.05) is 24.3 Å². The number of nitrogens with one attached hydrogen (secondary N) is 2. The average molecular weight is 268 g/mol. The van der Waals surface area contributed by atoms with E-state index in [0.29, 0.717) is 6.54 Å². The molecule has 0 saturated carbocycles. The van der Waals surface area contributed by atoms with Gasteiger partial charge in [0.05, 0.1) is 4.75 Å². The lowest BCUT2D eigenvalue weighted by atomic mass is 10.0. The van der Waals surface area contributed by atoms with Crippen molar-refractivity contribution in [1.82, 2.24) is 4.72 Å². The van der Waals surface area contributed by atoms with Crippen molar-refractivity contribution in [3.8, 4) is 0 Å². The van der Waals surface area contributed by atoms with Crippen LogP contribution in [0.3, 0.4) is 0 Å². The van der Waals surface area contributed by atoms with Gasteiger partial charge in [-0.25, -0.2) is 13.1 Å². The van der Waals surface area contributed by atoms with Crippen LogP contribution in [0.1, 0.15) is 26.3 Å².